The van der Waals surface area contributed by atoms with Crippen molar-refractivity contribution in [2.24, 2.45) is 0 Å². The van der Waals surface area contributed by atoms with Crippen LogP contribution in [0.2, 0.25) is 5.02 Å². The molecular formula is C19H20ClFN6O2. The third kappa shape index (κ3) is 4.49. The Morgan fingerprint density at radius 2 is 2.31 bits per heavy atom. The Balaban J connectivity index is 1.89. The van der Waals surface area contributed by atoms with E-state index in [2.05, 4.69) is 20.6 Å². The van der Waals surface area contributed by atoms with Crippen LogP contribution in [0, 0.1) is 11.3 Å². The van der Waals surface area contributed by atoms with Gasteiger partial charge in [0, 0.05) is 19.2 Å². The number of hydrogen-bond acceptors (Lipinski definition) is 7. The van der Waals surface area contributed by atoms with Crippen molar-refractivity contribution in [2.75, 3.05) is 37.4 Å². The van der Waals surface area contributed by atoms with E-state index in [-0.39, 0.29) is 29.0 Å². The van der Waals surface area contributed by atoms with E-state index in [0.717, 1.165) is 0 Å². The lowest BCUT2D eigenvalue weighted by Gasteiger charge is -2.18. The number of likely N-dealkylation sites (tertiary alicyclic amines) is 1. The smallest absolute Gasteiger partial charge is 0.257 e. The summed E-state index contributed by atoms with van der Waals surface area (Å²) in [6.07, 6.45) is 0.712. The largest absolute Gasteiger partial charge is 0.496 e. The quantitative estimate of drug-likeness (QED) is 0.741. The maximum Gasteiger partial charge on any atom is 0.257 e. The molecule has 0 radical (unpaired) electrons. The number of aromatic nitrogens is 2. The van der Waals surface area contributed by atoms with E-state index >= 15 is 0 Å². The summed E-state index contributed by atoms with van der Waals surface area (Å²) in [5.41, 5.74) is 1.00. The molecule has 1 aromatic carbocycles. The monoisotopic (exact) mass is 418 g/mol. The van der Waals surface area contributed by atoms with Gasteiger partial charge in [-0.25, -0.2) is 9.37 Å². The Labute approximate surface area is 172 Å². The van der Waals surface area contributed by atoms with Gasteiger partial charge in [-0.1, -0.05) is 11.6 Å². The van der Waals surface area contributed by atoms with Crippen LogP contribution in [0.3, 0.4) is 0 Å². The second-order valence-corrected chi connectivity index (χ2v) is 6.80. The molecule has 1 aromatic heterocycles. The summed E-state index contributed by atoms with van der Waals surface area (Å²) >= 11 is 6.36. The van der Waals surface area contributed by atoms with Crippen LogP contribution < -0.4 is 15.4 Å². The number of ether oxygens (including phenoxy) is 1. The molecule has 1 aliphatic rings. The number of benzene rings is 1. The van der Waals surface area contributed by atoms with Crippen LogP contribution in [0.25, 0.3) is 0 Å². The van der Waals surface area contributed by atoms with Crippen molar-refractivity contribution in [3.63, 3.8) is 0 Å². The minimum Gasteiger partial charge on any atom is -0.496 e. The van der Waals surface area contributed by atoms with Crippen LogP contribution in [0.5, 0.6) is 5.75 Å². The highest BCUT2D eigenvalue weighted by Crippen LogP contribution is 2.34. The predicted octanol–water partition coefficient (Wildman–Crippen LogP) is 3.37. The zero-order chi connectivity index (χ0) is 21.0. The Morgan fingerprint density at radius 3 is 2.93 bits per heavy atom. The summed E-state index contributed by atoms with van der Waals surface area (Å²) < 4.78 is 18.8. The van der Waals surface area contributed by atoms with Crippen molar-refractivity contribution in [1.82, 2.24) is 14.9 Å². The molecule has 2 N–H and O–H groups in total. The number of methoxy groups -OCH3 is 1. The van der Waals surface area contributed by atoms with Crippen LogP contribution in [-0.2, 0) is 0 Å². The standard InChI is InChI=1S/C19H20ClFN6O2/c1-3-23-17-11(8-22)9-24-19(26-17)25-15-7-16(29-2)13(6-14(15)20)18(28)27-5-4-12(21)10-27/h6-7,9,12H,3-5,10H2,1-2H3,(H2,23,24,25,26). The van der Waals surface area contributed by atoms with E-state index in [4.69, 9.17) is 21.6 Å². The van der Waals surface area contributed by atoms with Crippen molar-refractivity contribution in [1.29, 1.82) is 5.26 Å². The number of hydrogen-bond donors (Lipinski definition) is 2. The topological polar surface area (TPSA) is 103 Å². The Kier molecular flexibility index (Phi) is 6.34. The first-order valence-corrected chi connectivity index (χ1v) is 9.43. The molecule has 2 heterocycles. The van der Waals surface area contributed by atoms with Crippen molar-refractivity contribution in [3.05, 3.63) is 34.5 Å². The molecule has 152 valence electrons. The first-order valence-electron chi connectivity index (χ1n) is 9.05. The molecule has 1 atom stereocenters. The van der Waals surface area contributed by atoms with E-state index in [0.29, 0.717) is 42.3 Å². The average Bonchev–Trinajstić information content (AvgIpc) is 3.15. The number of carbonyl (C=O) groups excluding carboxylic acids is 1. The maximum atomic E-state index is 13.5. The highest BCUT2D eigenvalue weighted by molar-refractivity contribution is 6.33. The average molecular weight is 419 g/mol. The van der Waals surface area contributed by atoms with E-state index in [1.165, 1.54) is 24.3 Å². The number of rotatable bonds is 6. The third-order valence-corrected chi connectivity index (χ3v) is 4.75. The summed E-state index contributed by atoms with van der Waals surface area (Å²) in [4.78, 5) is 22.6. The number of anilines is 3. The molecule has 2 aromatic rings. The van der Waals surface area contributed by atoms with Gasteiger partial charge in [0.25, 0.3) is 5.91 Å². The first kappa shape index (κ1) is 20.6. The lowest BCUT2D eigenvalue weighted by atomic mass is 10.1. The minimum atomic E-state index is -1.01. The van der Waals surface area contributed by atoms with Gasteiger partial charge in [0.05, 0.1) is 36.1 Å². The summed E-state index contributed by atoms with van der Waals surface area (Å²) in [7, 11) is 1.44. The molecule has 1 fully saturated rings. The molecule has 1 amide bonds. The van der Waals surface area contributed by atoms with Crippen LogP contribution in [0.4, 0.5) is 21.8 Å². The first-order chi connectivity index (χ1) is 14.0. The van der Waals surface area contributed by atoms with Crippen molar-refractivity contribution < 1.29 is 13.9 Å². The fourth-order valence-corrected chi connectivity index (χ4v) is 3.22. The van der Waals surface area contributed by atoms with Gasteiger partial charge in [-0.15, -0.1) is 0 Å². The lowest BCUT2D eigenvalue weighted by molar-refractivity contribution is 0.0779. The Bertz CT molecular complexity index is 964. The number of nitrogens with one attached hydrogen (secondary N) is 2. The van der Waals surface area contributed by atoms with E-state index in [1.54, 1.807) is 6.07 Å². The van der Waals surface area contributed by atoms with Crippen LogP contribution in [0.1, 0.15) is 29.3 Å². The molecule has 0 aliphatic carbocycles. The predicted molar refractivity (Wildman–Crippen MR) is 108 cm³/mol. The van der Waals surface area contributed by atoms with Gasteiger partial charge in [0.15, 0.2) is 0 Å². The molecule has 1 unspecified atom stereocenters. The molecule has 8 nitrogen and oxygen atoms in total. The molecular weight excluding hydrogens is 399 g/mol. The summed E-state index contributed by atoms with van der Waals surface area (Å²) in [6.45, 7) is 2.89. The van der Waals surface area contributed by atoms with Crippen LogP contribution in [-0.4, -0.2) is 53.7 Å². The number of halogens is 2. The van der Waals surface area contributed by atoms with Crippen molar-refractivity contribution in [3.8, 4) is 11.8 Å². The zero-order valence-electron chi connectivity index (χ0n) is 16.0. The van der Waals surface area contributed by atoms with Gasteiger partial charge in [-0.05, 0) is 19.4 Å². The Hall–Kier alpha value is -3.12. The number of amides is 1. The summed E-state index contributed by atoms with van der Waals surface area (Å²) in [5, 5.41) is 15.4. The minimum absolute atomic E-state index is 0.0614. The summed E-state index contributed by atoms with van der Waals surface area (Å²) in [6, 6.07) is 5.06. The van der Waals surface area contributed by atoms with Crippen LogP contribution in [0.15, 0.2) is 18.3 Å². The van der Waals surface area contributed by atoms with Crippen molar-refractivity contribution >= 4 is 35.0 Å². The van der Waals surface area contributed by atoms with Gasteiger partial charge < -0.3 is 20.3 Å². The molecule has 29 heavy (non-hydrogen) atoms. The molecule has 0 spiro atoms. The van der Waals surface area contributed by atoms with Crippen LogP contribution >= 0.6 is 11.6 Å². The normalized spacial score (nSPS) is 15.7. The number of nitrogens with zero attached hydrogens (tertiary/aromatic N) is 4. The third-order valence-electron chi connectivity index (χ3n) is 4.44. The van der Waals surface area contributed by atoms with E-state index < -0.39 is 6.17 Å². The molecule has 0 bridgehead atoms. The fraction of sp³-hybridized carbons (Fsp3) is 0.368. The molecule has 3 rings (SSSR count). The van der Waals surface area contributed by atoms with E-state index in [9.17, 15) is 9.18 Å². The number of nitriles is 1. The molecule has 10 heteroatoms. The van der Waals surface area contributed by atoms with Gasteiger partial charge in [0.2, 0.25) is 5.95 Å². The number of carbonyl (C=O) groups is 1. The van der Waals surface area contributed by atoms with Crippen molar-refractivity contribution in [2.45, 2.75) is 19.5 Å². The SMILES string of the molecule is CCNc1nc(Nc2cc(OC)c(C(=O)N3CCC(F)C3)cc2Cl)ncc1C#N. The van der Waals surface area contributed by atoms with Gasteiger partial charge in [-0.2, -0.15) is 10.2 Å². The maximum absolute atomic E-state index is 13.5. The van der Waals surface area contributed by atoms with E-state index in [1.807, 2.05) is 13.0 Å². The van der Waals surface area contributed by atoms with Gasteiger partial charge >= 0.3 is 0 Å². The highest BCUT2D eigenvalue weighted by atomic mass is 35.5. The second kappa shape index (κ2) is 8.92. The molecule has 1 saturated heterocycles. The van der Waals surface area contributed by atoms with Gasteiger partial charge in [0.1, 0.15) is 29.4 Å². The lowest BCUT2D eigenvalue weighted by Crippen LogP contribution is -2.29. The second-order valence-electron chi connectivity index (χ2n) is 6.39. The summed E-state index contributed by atoms with van der Waals surface area (Å²) in [5.74, 6) is 0.587. The fourth-order valence-electron chi connectivity index (χ4n) is 3.00. The number of alkyl halides is 1. The zero-order valence-corrected chi connectivity index (χ0v) is 16.8. The highest BCUT2D eigenvalue weighted by Gasteiger charge is 2.29. The molecule has 0 saturated carbocycles. The Morgan fingerprint density at radius 1 is 1.52 bits per heavy atom. The molecule has 1 aliphatic heterocycles. The van der Waals surface area contributed by atoms with Gasteiger partial charge in [-0.3, -0.25) is 4.79 Å².